The number of piperidine rings is 1. The van der Waals surface area contributed by atoms with Crippen LogP contribution < -0.4 is 15.5 Å². The number of nitrogens with zero attached hydrogens (tertiary/aromatic N) is 3. The number of carbonyl (C=O) groups is 1. The van der Waals surface area contributed by atoms with Gasteiger partial charge in [0.2, 0.25) is 0 Å². The van der Waals surface area contributed by atoms with Crippen LogP contribution in [0.15, 0.2) is 24.4 Å². The number of halogens is 2. The van der Waals surface area contributed by atoms with Crippen molar-refractivity contribution in [2.24, 2.45) is 0 Å². The van der Waals surface area contributed by atoms with E-state index in [0.717, 1.165) is 55.6 Å². The minimum absolute atomic E-state index is 0.0484. The molecule has 1 aromatic carbocycles. The molecule has 1 saturated heterocycles. The number of para-hydroxylation sites is 1. The first-order valence-electron chi connectivity index (χ1n) is 7.17. The zero-order valence-electron chi connectivity index (χ0n) is 12.1. The lowest BCUT2D eigenvalue weighted by molar-refractivity contribution is 0.245. The van der Waals surface area contributed by atoms with Gasteiger partial charge in [-0.15, -0.1) is 0 Å². The second-order valence-electron chi connectivity index (χ2n) is 5.22. The highest BCUT2D eigenvalue weighted by Crippen LogP contribution is 2.19. The van der Waals surface area contributed by atoms with Crippen LogP contribution in [0.5, 0.6) is 0 Å². The predicted molar refractivity (Wildman–Crippen MR) is 83.7 cm³/mol. The summed E-state index contributed by atoms with van der Waals surface area (Å²) < 4.78 is 35.1. The third-order valence-electron chi connectivity index (χ3n) is 3.71. The van der Waals surface area contributed by atoms with Gasteiger partial charge in [0.1, 0.15) is 17.3 Å². The van der Waals surface area contributed by atoms with Gasteiger partial charge in [-0.05, 0) is 25.0 Å². The number of aromatic nitrogens is 2. The number of hydrogen-bond donors (Lipinski definition) is 2. The molecule has 0 saturated carbocycles. The van der Waals surface area contributed by atoms with E-state index in [1.165, 1.54) is 6.07 Å². The molecule has 9 heteroatoms. The van der Waals surface area contributed by atoms with Crippen molar-refractivity contribution in [1.82, 2.24) is 14.1 Å². The van der Waals surface area contributed by atoms with Crippen LogP contribution >= 0.6 is 11.7 Å². The van der Waals surface area contributed by atoms with E-state index < -0.39 is 23.4 Å². The Labute approximate surface area is 135 Å². The molecule has 1 fully saturated rings. The summed E-state index contributed by atoms with van der Waals surface area (Å²) >= 11 is 1.16. The topological polar surface area (TPSA) is 70.2 Å². The number of nitrogens with one attached hydrogen (secondary N) is 2. The molecular formula is C14H15F2N5OS. The van der Waals surface area contributed by atoms with Crippen LogP contribution in [0.25, 0.3) is 0 Å². The smallest absolute Gasteiger partial charge is 0.319 e. The minimum Gasteiger partial charge on any atom is -0.354 e. The number of urea groups is 1. The normalized spacial score (nSPS) is 15.5. The molecular weight excluding hydrogens is 324 g/mol. The monoisotopic (exact) mass is 339 g/mol. The third kappa shape index (κ3) is 3.73. The summed E-state index contributed by atoms with van der Waals surface area (Å²) in [5.74, 6) is -0.761. The van der Waals surface area contributed by atoms with Crippen molar-refractivity contribution in [1.29, 1.82) is 0 Å². The lowest BCUT2D eigenvalue weighted by Crippen LogP contribution is -2.46. The van der Waals surface area contributed by atoms with E-state index in [4.69, 9.17) is 0 Å². The summed E-state index contributed by atoms with van der Waals surface area (Å²) in [6.07, 6.45) is 3.17. The molecule has 1 aliphatic rings. The van der Waals surface area contributed by atoms with Crippen LogP contribution in [0.2, 0.25) is 0 Å². The van der Waals surface area contributed by atoms with Crippen LogP contribution in [0.1, 0.15) is 12.8 Å². The second-order valence-corrected chi connectivity index (χ2v) is 5.78. The number of benzene rings is 1. The molecule has 1 aliphatic heterocycles. The van der Waals surface area contributed by atoms with Crippen LogP contribution in [-0.4, -0.2) is 33.9 Å². The van der Waals surface area contributed by atoms with Gasteiger partial charge < -0.3 is 15.5 Å². The Kier molecular flexibility index (Phi) is 4.65. The number of anilines is 2. The average Bonchev–Trinajstić information content (AvgIpc) is 3.06. The fourth-order valence-corrected chi connectivity index (χ4v) is 2.94. The van der Waals surface area contributed by atoms with Gasteiger partial charge in [-0.25, -0.2) is 13.6 Å². The van der Waals surface area contributed by atoms with Gasteiger partial charge in [-0.1, -0.05) is 6.07 Å². The summed E-state index contributed by atoms with van der Waals surface area (Å²) in [5, 5.41) is 4.97. The first kappa shape index (κ1) is 15.6. The van der Waals surface area contributed by atoms with Crippen molar-refractivity contribution in [2.75, 3.05) is 23.3 Å². The quantitative estimate of drug-likeness (QED) is 0.902. The Balaban J connectivity index is 1.51. The SMILES string of the molecule is O=C(Nc1c(F)cccc1F)NC1CCN(c2cnsn2)CC1. The largest absolute Gasteiger partial charge is 0.354 e. The molecule has 0 unspecified atom stereocenters. The number of hydrogen-bond acceptors (Lipinski definition) is 5. The third-order valence-corrected chi connectivity index (χ3v) is 4.17. The molecule has 0 atom stereocenters. The maximum Gasteiger partial charge on any atom is 0.319 e. The molecule has 0 aliphatic carbocycles. The molecule has 122 valence electrons. The predicted octanol–water partition coefficient (Wildman–Crippen LogP) is 2.61. The first-order valence-corrected chi connectivity index (χ1v) is 7.90. The Morgan fingerprint density at radius 3 is 2.57 bits per heavy atom. The van der Waals surface area contributed by atoms with Crippen molar-refractivity contribution < 1.29 is 13.6 Å². The van der Waals surface area contributed by atoms with Crippen LogP contribution in [-0.2, 0) is 0 Å². The molecule has 2 heterocycles. The first-order chi connectivity index (χ1) is 11.1. The maximum absolute atomic E-state index is 13.5. The van der Waals surface area contributed by atoms with E-state index in [1.54, 1.807) is 6.20 Å². The molecule has 0 spiro atoms. The molecule has 0 radical (unpaired) electrons. The van der Waals surface area contributed by atoms with E-state index in [0.29, 0.717) is 0 Å². The Morgan fingerprint density at radius 2 is 1.96 bits per heavy atom. The summed E-state index contributed by atoms with van der Waals surface area (Å²) in [6, 6.07) is 2.78. The fraction of sp³-hybridized carbons (Fsp3) is 0.357. The molecule has 2 amide bonds. The Morgan fingerprint density at radius 1 is 1.26 bits per heavy atom. The van der Waals surface area contributed by atoms with Gasteiger partial charge in [-0.3, -0.25) is 0 Å². The number of rotatable bonds is 3. The molecule has 6 nitrogen and oxygen atoms in total. The maximum atomic E-state index is 13.5. The van der Waals surface area contributed by atoms with Crippen LogP contribution in [0, 0.1) is 11.6 Å². The van der Waals surface area contributed by atoms with Crippen molar-refractivity contribution in [3.63, 3.8) is 0 Å². The second kappa shape index (κ2) is 6.86. The molecule has 23 heavy (non-hydrogen) atoms. The highest BCUT2D eigenvalue weighted by atomic mass is 32.1. The van der Waals surface area contributed by atoms with Gasteiger partial charge in [0.05, 0.1) is 17.9 Å². The van der Waals surface area contributed by atoms with Crippen LogP contribution in [0.4, 0.5) is 25.1 Å². The Bertz CT molecular complexity index is 654. The van der Waals surface area contributed by atoms with Gasteiger partial charge >= 0.3 is 6.03 Å². The zero-order chi connectivity index (χ0) is 16.2. The average molecular weight is 339 g/mol. The van der Waals surface area contributed by atoms with E-state index in [-0.39, 0.29) is 6.04 Å². The van der Waals surface area contributed by atoms with Gasteiger partial charge in [0.15, 0.2) is 5.82 Å². The standard InChI is InChI=1S/C14H15F2N5OS/c15-10-2-1-3-11(16)13(10)19-14(22)18-9-4-6-21(7-5-9)12-8-17-23-20-12/h1-3,8-9H,4-7H2,(H2,18,19,22). The van der Waals surface area contributed by atoms with E-state index in [9.17, 15) is 13.6 Å². The molecule has 2 aromatic rings. The van der Waals surface area contributed by atoms with Crippen molar-refractivity contribution >= 4 is 29.3 Å². The number of carbonyl (C=O) groups excluding carboxylic acids is 1. The van der Waals surface area contributed by atoms with Gasteiger partial charge in [0.25, 0.3) is 0 Å². The van der Waals surface area contributed by atoms with Crippen LogP contribution in [0.3, 0.4) is 0 Å². The lowest BCUT2D eigenvalue weighted by atomic mass is 10.1. The van der Waals surface area contributed by atoms with Gasteiger partial charge in [-0.2, -0.15) is 8.75 Å². The summed E-state index contributed by atoms with van der Waals surface area (Å²) in [7, 11) is 0. The summed E-state index contributed by atoms with van der Waals surface area (Å²) in [6.45, 7) is 1.48. The number of amides is 2. The van der Waals surface area contributed by atoms with Gasteiger partial charge in [0, 0.05) is 19.1 Å². The van der Waals surface area contributed by atoms with E-state index in [2.05, 4.69) is 24.3 Å². The lowest BCUT2D eigenvalue weighted by Gasteiger charge is -2.32. The van der Waals surface area contributed by atoms with Crippen molar-refractivity contribution in [3.8, 4) is 0 Å². The zero-order valence-corrected chi connectivity index (χ0v) is 12.9. The highest BCUT2D eigenvalue weighted by molar-refractivity contribution is 6.99. The summed E-state index contributed by atoms with van der Waals surface area (Å²) in [5.41, 5.74) is -0.434. The van der Waals surface area contributed by atoms with Crippen molar-refractivity contribution in [3.05, 3.63) is 36.0 Å². The molecule has 3 rings (SSSR count). The Hall–Kier alpha value is -2.29. The highest BCUT2D eigenvalue weighted by Gasteiger charge is 2.22. The van der Waals surface area contributed by atoms with E-state index >= 15 is 0 Å². The minimum atomic E-state index is -0.800. The fourth-order valence-electron chi connectivity index (χ4n) is 2.50. The summed E-state index contributed by atoms with van der Waals surface area (Å²) in [4.78, 5) is 14.0. The van der Waals surface area contributed by atoms with E-state index in [1.807, 2.05) is 0 Å². The molecule has 0 bridgehead atoms. The molecule has 2 N–H and O–H groups in total. The molecule has 1 aromatic heterocycles. The van der Waals surface area contributed by atoms with Crippen molar-refractivity contribution in [2.45, 2.75) is 18.9 Å².